The highest BCUT2D eigenvalue weighted by Gasteiger charge is 2.53. The molecule has 0 radical (unpaired) electrons. The van der Waals surface area contributed by atoms with Crippen molar-refractivity contribution in [2.24, 2.45) is 11.8 Å². The van der Waals surface area contributed by atoms with Gasteiger partial charge in [0.1, 0.15) is 5.69 Å². The third kappa shape index (κ3) is 3.20. The molecular formula is C14H15F3N2O3. The fourth-order valence-electron chi connectivity index (χ4n) is 2.52. The number of hydrogen-bond acceptors (Lipinski definition) is 3. The van der Waals surface area contributed by atoms with Crippen molar-refractivity contribution in [2.75, 3.05) is 13.1 Å². The van der Waals surface area contributed by atoms with Gasteiger partial charge in [-0.15, -0.1) is 0 Å². The Bertz CT molecular complexity index is 589. The summed E-state index contributed by atoms with van der Waals surface area (Å²) in [5.74, 6) is -5.91. The van der Waals surface area contributed by atoms with E-state index in [1.54, 1.807) is 6.07 Å². The minimum absolute atomic E-state index is 0.0336. The summed E-state index contributed by atoms with van der Waals surface area (Å²) in [6.45, 7) is 0.757. The molecule has 5 nitrogen and oxygen atoms in total. The van der Waals surface area contributed by atoms with Crippen molar-refractivity contribution >= 4 is 11.9 Å². The molecule has 1 amide bonds. The maximum atomic E-state index is 12.9. The van der Waals surface area contributed by atoms with Crippen molar-refractivity contribution in [3.05, 3.63) is 29.6 Å². The zero-order valence-electron chi connectivity index (χ0n) is 11.8. The van der Waals surface area contributed by atoms with Gasteiger partial charge in [-0.3, -0.25) is 14.6 Å². The third-order valence-electron chi connectivity index (χ3n) is 3.80. The summed E-state index contributed by atoms with van der Waals surface area (Å²) in [5.41, 5.74) is 0.867. The Kier molecular flexibility index (Phi) is 4.39. The number of nitrogens with zero attached hydrogens (tertiary/aromatic N) is 2. The van der Waals surface area contributed by atoms with Crippen LogP contribution >= 0.6 is 0 Å². The summed E-state index contributed by atoms with van der Waals surface area (Å²) in [6.07, 6.45) is -2.58. The number of rotatable bonds is 3. The van der Waals surface area contributed by atoms with Crippen LogP contribution in [0.1, 0.15) is 23.0 Å². The van der Waals surface area contributed by atoms with Crippen LogP contribution in [0.3, 0.4) is 0 Å². The number of pyridine rings is 1. The second kappa shape index (κ2) is 5.94. The maximum Gasteiger partial charge on any atom is 0.394 e. The van der Waals surface area contributed by atoms with E-state index in [4.69, 9.17) is 5.11 Å². The monoisotopic (exact) mass is 316 g/mol. The number of aliphatic carboxylic acids is 1. The standard InChI is InChI=1S/C14H15F3N2O3/c1-2-8-3-4-18-11(5-8)12(20)19-6-9(13(21)22)10(7-19)14(15,16)17/h3-5,9-10H,2,6-7H2,1H3,(H,21,22)/t9-,10-/m1/s1. The van der Waals surface area contributed by atoms with Gasteiger partial charge in [0.25, 0.3) is 5.91 Å². The number of aromatic nitrogens is 1. The van der Waals surface area contributed by atoms with Crippen molar-refractivity contribution in [3.63, 3.8) is 0 Å². The summed E-state index contributed by atoms with van der Waals surface area (Å²) in [4.78, 5) is 28.1. The summed E-state index contributed by atoms with van der Waals surface area (Å²) in [5, 5.41) is 8.95. The van der Waals surface area contributed by atoms with Gasteiger partial charge >= 0.3 is 12.1 Å². The van der Waals surface area contributed by atoms with Crippen LogP contribution in [0.2, 0.25) is 0 Å². The predicted octanol–water partition coefficient (Wildman–Crippen LogP) is 1.98. The van der Waals surface area contributed by atoms with Crippen LogP contribution < -0.4 is 0 Å². The quantitative estimate of drug-likeness (QED) is 0.925. The molecule has 2 atom stereocenters. The van der Waals surface area contributed by atoms with Crippen molar-refractivity contribution in [2.45, 2.75) is 19.5 Å². The van der Waals surface area contributed by atoms with Crippen LogP contribution in [0, 0.1) is 11.8 Å². The molecule has 120 valence electrons. The van der Waals surface area contributed by atoms with Gasteiger partial charge in [0.05, 0.1) is 11.8 Å². The lowest BCUT2D eigenvalue weighted by Gasteiger charge is -2.18. The molecule has 2 rings (SSSR count). The average Bonchev–Trinajstić information content (AvgIpc) is 2.92. The van der Waals surface area contributed by atoms with Gasteiger partial charge in [0.15, 0.2) is 0 Å². The second-order valence-corrected chi connectivity index (χ2v) is 5.21. The Morgan fingerprint density at radius 2 is 2.09 bits per heavy atom. The normalized spacial score (nSPS) is 21.9. The first-order valence-electron chi connectivity index (χ1n) is 6.77. The molecule has 1 aliphatic rings. The van der Waals surface area contributed by atoms with Crippen LogP contribution in [0.5, 0.6) is 0 Å². The molecule has 1 saturated heterocycles. The van der Waals surface area contributed by atoms with Gasteiger partial charge in [-0.05, 0) is 24.1 Å². The number of carbonyl (C=O) groups excluding carboxylic acids is 1. The van der Waals surface area contributed by atoms with Crippen LogP contribution in [0.25, 0.3) is 0 Å². The van der Waals surface area contributed by atoms with Crippen LogP contribution in [-0.4, -0.2) is 46.1 Å². The van der Waals surface area contributed by atoms with Crippen LogP contribution in [0.15, 0.2) is 18.3 Å². The highest BCUT2D eigenvalue weighted by atomic mass is 19.4. The molecule has 0 saturated carbocycles. The third-order valence-corrected chi connectivity index (χ3v) is 3.80. The second-order valence-electron chi connectivity index (χ2n) is 5.21. The highest BCUT2D eigenvalue weighted by molar-refractivity contribution is 5.93. The predicted molar refractivity (Wildman–Crippen MR) is 70.2 cm³/mol. The number of carboxylic acids is 1. The van der Waals surface area contributed by atoms with E-state index < -0.39 is 43.0 Å². The number of amides is 1. The number of carbonyl (C=O) groups is 2. The summed E-state index contributed by atoms with van der Waals surface area (Å²) < 4.78 is 38.7. The Morgan fingerprint density at radius 3 is 2.59 bits per heavy atom. The Morgan fingerprint density at radius 1 is 1.41 bits per heavy atom. The fraction of sp³-hybridized carbons (Fsp3) is 0.500. The Hall–Kier alpha value is -2.12. The highest BCUT2D eigenvalue weighted by Crippen LogP contribution is 2.38. The number of alkyl halides is 3. The van der Waals surface area contributed by atoms with E-state index in [9.17, 15) is 22.8 Å². The zero-order chi connectivity index (χ0) is 16.5. The van der Waals surface area contributed by atoms with E-state index in [1.807, 2.05) is 6.92 Å². The topological polar surface area (TPSA) is 70.5 Å². The molecule has 1 aromatic rings. The average molecular weight is 316 g/mol. The molecule has 8 heteroatoms. The van der Waals surface area contributed by atoms with Gasteiger partial charge < -0.3 is 10.0 Å². The first-order chi connectivity index (χ1) is 10.2. The molecule has 1 aromatic heterocycles. The number of aryl methyl sites for hydroxylation is 1. The molecule has 1 aliphatic heterocycles. The molecule has 22 heavy (non-hydrogen) atoms. The number of likely N-dealkylation sites (tertiary alicyclic amines) is 1. The SMILES string of the molecule is CCc1ccnc(C(=O)N2C[C@@H](C(F)(F)F)[C@H](C(=O)O)C2)c1. The molecule has 1 fully saturated rings. The number of carboxylic acid groups (broad SMARTS) is 1. The zero-order valence-corrected chi connectivity index (χ0v) is 11.8. The lowest BCUT2D eigenvalue weighted by molar-refractivity contribution is -0.187. The van der Waals surface area contributed by atoms with Gasteiger partial charge in [0, 0.05) is 19.3 Å². The van der Waals surface area contributed by atoms with E-state index >= 15 is 0 Å². The molecular weight excluding hydrogens is 301 g/mol. The van der Waals surface area contributed by atoms with Crippen molar-refractivity contribution < 1.29 is 27.9 Å². The van der Waals surface area contributed by atoms with Crippen molar-refractivity contribution in [3.8, 4) is 0 Å². The largest absolute Gasteiger partial charge is 0.481 e. The molecule has 1 N–H and O–H groups in total. The molecule has 0 aromatic carbocycles. The molecule has 0 aliphatic carbocycles. The van der Waals surface area contributed by atoms with Crippen LogP contribution in [-0.2, 0) is 11.2 Å². The first kappa shape index (κ1) is 16.3. The number of halogens is 3. The Balaban J connectivity index is 2.22. The van der Waals surface area contributed by atoms with Gasteiger partial charge in [-0.2, -0.15) is 13.2 Å². The lowest BCUT2D eigenvalue weighted by Crippen LogP contribution is -2.34. The van der Waals surface area contributed by atoms with Crippen molar-refractivity contribution in [1.82, 2.24) is 9.88 Å². The summed E-state index contributed by atoms with van der Waals surface area (Å²) in [6, 6.07) is 3.22. The van der Waals surface area contributed by atoms with E-state index in [-0.39, 0.29) is 5.69 Å². The molecule has 0 bridgehead atoms. The van der Waals surface area contributed by atoms with E-state index in [0.717, 1.165) is 10.5 Å². The summed E-state index contributed by atoms with van der Waals surface area (Å²) >= 11 is 0. The van der Waals surface area contributed by atoms with E-state index in [2.05, 4.69) is 4.98 Å². The summed E-state index contributed by atoms with van der Waals surface area (Å²) in [7, 11) is 0. The van der Waals surface area contributed by atoms with Gasteiger partial charge in [0.2, 0.25) is 0 Å². The van der Waals surface area contributed by atoms with E-state index in [1.165, 1.54) is 12.3 Å². The van der Waals surface area contributed by atoms with Crippen LogP contribution in [0.4, 0.5) is 13.2 Å². The molecule has 2 heterocycles. The van der Waals surface area contributed by atoms with E-state index in [0.29, 0.717) is 6.42 Å². The number of hydrogen-bond donors (Lipinski definition) is 1. The fourth-order valence-corrected chi connectivity index (χ4v) is 2.52. The lowest BCUT2D eigenvalue weighted by atomic mass is 9.96. The first-order valence-corrected chi connectivity index (χ1v) is 6.77. The molecule has 0 spiro atoms. The minimum Gasteiger partial charge on any atom is -0.481 e. The minimum atomic E-state index is -4.66. The van der Waals surface area contributed by atoms with Gasteiger partial charge in [-0.1, -0.05) is 6.92 Å². The Labute approximate surface area is 124 Å². The maximum absolute atomic E-state index is 12.9. The smallest absolute Gasteiger partial charge is 0.394 e. The van der Waals surface area contributed by atoms with Crippen molar-refractivity contribution in [1.29, 1.82) is 0 Å². The molecule has 0 unspecified atom stereocenters. The van der Waals surface area contributed by atoms with Gasteiger partial charge in [-0.25, -0.2) is 0 Å².